The first-order chi connectivity index (χ1) is 8.97. The molecule has 0 saturated heterocycles. The van der Waals surface area contributed by atoms with E-state index < -0.39 is 22.8 Å². The average molecular weight is 307 g/mol. The van der Waals surface area contributed by atoms with Crippen molar-refractivity contribution in [1.82, 2.24) is 5.32 Å². The molecule has 0 aromatic heterocycles. The normalized spacial score (nSPS) is 11.5. The van der Waals surface area contributed by atoms with Crippen molar-refractivity contribution in [3.63, 3.8) is 0 Å². The van der Waals surface area contributed by atoms with Crippen LogP contribution in [0.2, 0.25) is 0 Å². The van der Waals surface area contributed by atoms with Crippen LogP contribution in [0.4, 0.5) is 10.1 Å². The smallest absolute Gasteiger partial charge is 0.320 e. The topological polar surface area (TPSA) is 92.5 Å². The van der Waals surface area contributed by atoms with Crippen LogP contribution in [-0.4, -0.2) is 22.0 Å². The van der Waals surface area contributed by atoms with Crippen LogP contribution in [0.5, 0.6) is 0 Å². The quantitative estimate of drug-likeness (QED) is 0.596. The van der Waals surface area contributed by atoms with Crippen LogP contribution in [-0.2, 0) is 11.3 Å². The van der Waals surface area contributed by atoms with E-state index in [0.29, 0.717) is 12.8 Å². The van der Waals surface area contributed by atoms with E-state index in [1.807, 2.05) is 6.92 Å². The molecule has 0 aliphatic heterocycles. The van der Waals surface area contributed by atoms with E-state index in [9.17, 15) is 19.3 Å². The van der Waals surface area contributed by atoms with Crippen LogP contribution in [0.1, 0.15) is 25.3 Å². The van der Waals surface area contributed by atoms with Crippen molar-refractivity contribution in [2.24, 2.45) is 0 Å². The summed E-state index contributed by atoms with van der Waals surface area (Å²) >= 11 is 0. The highest BCUT2D eigenvalue weighted by Gasteiger charge is 2.21. The number of nitrogens with zero attached hydrogens (tertiary/aromatic N) is 1. The van der Waals surface area contributed by atoms with Crippen LogP contribution in [0.15, 0.2) is 18.2 Å². The maximum atomic E-state index is 13.6. The minimum Gasteiger partial charge on any atom is -0.480 e. The molecule has 1 unspecified atom stereocenters. The summed E-state index contributed by atoms with van der Waals surface area (Å²) in [5, 5.41) is 22.3. The van der Waals surface area contributed by atoms with Crippen molar-refractivity contribution in [1.29, 1.82) is 0 Å². The molecule has 20 heavy (non-hydrogen) atoms. The molecule has 0 fully saturated rings. The van der Waals surface area contributed by atoms with E-state index in [0.717, 1.165) is 6.07 Å². The zero-order chi connectivity index (χ0) is 14.4. The van der Waals surface area contributed by atoms with Crippen molar-refractivity contribution in [3.8, 4) is 0 Å². The minimum atomic E-state index is -1.05. The fraction of sp³-hybridized carbons (Fsp3) is 0.417. The van der Waals surface area contributed by atoms with Crippen molar-refractivity contribution in [2.75, 3.05) is 0 Å². The molecule has 0 aliphatic rings. The summed E-state index contributed by atoms with van der Waals surface area (Å²) in [4.78, 5) is 21.0. The van der Waals surface area contributed by atoms with Gasteiger partial charge in [-0.1, -0.05) is 19.4 Å². The molecule has 0 aliphatic carbocycles. The molecule has 0 heterocycles. The number of benzene rings is 1. The van der Waals surface area contributed by atoms with Crippen molar-refractivity contribution in [3.05, 3.63) is 39.7 Å². The Morgan fingerprint density at radius 3 is 2.70 bits per heavy atom. The summed E-state index contributed by atoms with van der Waals surface area (Å²) < 4.78 is 13.6. The summed E-state index contributed by atoms with van der Waals surface area (Å²) in [6.45, 7) is 1.63. The molecular formula is C12H16ClFN2O4. The number of rotatable bonds is 7. The number of nitro benzene ring substituents is 1. The fourth-order valence-corrected chi connectivity index (χ4v) is 1.72. The molecule has 112 valence electrons. The number of carboxylic acids is 1. The lowest BCUT2D eigenvalue weighted by Gasteiger charge is -2.13. The summed E-state index contributed by atoms with van der Waals surface area (Å²) in [6.07, 6.45) is 1.01. The van der Waals surface area contributed by atoms with Gasteiger partial charge in [0.2, 0.25) is 0 Å². The highest BCUT2D eigenvalue weighted by Crippen LogP contribution is 2.21. The standard InChI is InChI=1S/C12H15FN2O4.ClH/c1-2-4-10(12(16)17)14-7-8-9(13)5-3-6-11(8)15(18)19;/h3,5-6,10,14H,2,4,7H2,1H3,(H,16,17);1H. The highest BCUT2D eigenvalue weighted by atomic mass is 35.5. The molecule has 6 nitrogen and oxygen atoms in total. The van der Waals surface area contributed by atoms with Crippen LogP contribution in [0.25, 0.3) is 0 Å². The number of carbonyl (C=O) groups is 1. The lowest BCUT2D eigenvalue weighted by atomic mass is 10.1. The van der Waals surface area contributed by atoms with Gasteiger partial charge in [-0.25, -0.2) is 4.39 Å². The van der Waals surface area contributed by atoms with Gasteiger partial charge in [0.15, 0.2) is 0 Å². The van der Waals surface area contributed by atoms with Gasteiger partial charge in [0, 0.05) is 12.6 Å². The van der Waals surface area contributed by atoms with E-state index >= 15 is 0 Å². The van der Waals surface area contributed by atoms with Crippen molar-refractivity contribution < 1.29 is 19.2 Å². The molecule has 1 rings (SSSR count). The Morgan fingerprint density at radius 2 is 2.20 bits per heavy atom. The number of halogens is 2. The number of hydrogen-bond donors (Lipinski definition) is 2. The van der Waals surface area contributed by atoms with Gasteiger partial charge in [-0.15, -0.1) is 12.4 Å². The third-order valence-electron chi connectivity index (χ3n) is 2.69. The predicted octanol–water partition coefficient (Wildman–Crippen LogP) is 2.50. The van der Waals surface area contributed by atoms with Crippen LogP contribution >= 0.6 is 12.4 Å². The van der Waals surface area contributed by atoms with Gasteiger partial charge in [0.05, 0.1) is 10.5 Å². The van der Waals surface area contributed by atoms with Gasteiger partial charge in [-0.2, -0.15) is 0 Å². The maximum absolute atomic E-state index is 13.6. The number of nitro groups is 1. The monoisotopic (exact) mass is 306 g/mol. The molecule has 0 saturated carbocycles. The van der Waals surface area contributed by atoms with Gasteiger partial charge in [-0.3, -0.25) is 20.2 Å². The Kier molecular flexibility index (Phi) is 7.71. The number of carboxylic acid groups (broad SMARTS) is 1. The second-order valence-electron chi connectivity index (χ2n) is 4.06. The lowest BCUT2D eigenvalue weighted by Crippen LogP contribution is -2.36. The Balaban J connectivity index is 0.00000361. The van der Waals surface area contributed by atoms with Crippen LogP contribution < -0.4 is 5.32 Å². The van der Waals surface area contributed by atoms with Gasteiger partial charge in [0.1, 0.15) is 11.9 Å². The Morgan fingerprint density at radius 1 is 1.55 bits per heavy atom. The second kappa shape index (κ2) is 8.44. The number of hydrogen-bond acceptors (Lipinski definition) is 4. The van der Waals surface area contributed by atoms with Crippen LogP contribution in [0.3, 0.4) is 0 Å². The van der Waals surface area contributed by atoms with E-state index in [2.05, 4.69) is 5.32 Å². The molecule has 1 atom stereocenters. The minimum absolute atomic E-state index is 0. The molecule has 1 aromatic carbocycles. The zero-order valence-electron chi connectivity index (χ0n) is 10.8. The van der Waals surface area contributed by atoms with Gasteiger partial charge in [-0.05, 0) is 12.5 Å². The van der Waals surface area contributed by atoms with Crippen molar-refractivity contribution in [2.45, 2.75) is 32.4 Å². The Labute approximate surface area is 121 Å². The summed E-state index contributed by atoms with van der Waals surface area (Å²) in [6, 6.07) is 2.71. The lowest BCUT2D eigenvalue weighted by molar-refractivity contribution is -0.385. The second-order valence-corrected chi connectivity index (χ2v) is 4.06. The molecule has 1 aromatic rings. The molecular weight excluding hydrogens is 291 g/mol. The molecule has 0 amide bonds. The van der Waals surface area contributed by atoms with Gasteiger partial charge < -0.3 is 5.11 Å². The Hall–Kier alpha value is -1.73. The van der Waals surface area contributed by atoms with Crippen LogP contribution in [0, 0.1) is 15.9 Å². The molecule has 0 bridgehead atoms. The first-order valence-corrected chi connectivity index (χ1v) is 5.85. The first kappa shape index (κ1) is 18.3. The summed E-state index contributed by atoms with van der Waals surface area (Å²) in [5.41, 5.74) is -0.483. The van der Waals surface area contributed by atoms with E-state index in [1.165, 1.54) is 12.1 Å². The molecule has 0 radical (unpaired) electrons. The first-order valence-electron chi connectivity index (χ1n) is 5.85. The maximum Gasteiger partial charge on any atom is 0.320 e. The third-order valence-corrected chi connectivity index (χ3v) is 2.69. The van der Waals surface area contributed by atoms with E-state index in [-0.39, 0.29) is 30.2 Å². The molecule has 2 N–H and O–H groups in total. The summed E-state index contributed by atoms with van der Waals surface area (Å²) in [5.74, 6) is -1.77. The SMILES string of the molecule is CCCC(NCc1c(F)cccc1[N+](=O)[O-])C(=O)O.Cl. The van der Waals surface area contributed by atoms with Gasteiger partial charge >= 0.3 is 5.97 Å². The fourth-order valence-electron chi connectivity index (χ4n) is 1.72. The molecule has 8 heteroatoms. The van der Waals surface area contributed by atoms with E-state index in [1.54, 1.807) is 0 Å². The third kappa shape index (κ3) is 4.75. The molecule has 0 spiro atoms. The van der Waals surface area contributed by atoms with Crippen molar-refractivity contribution >= 4 is 24.1 Å². The highest BCUT2D eigenvalue weighted by molar-refractivity contribution is 5.85. The summed E-state index contributed by atoms with van der Waals surface area (Å²) in [7, 11) is 0. The number of nitrogens with one attached hydrogen (secondary N) is 1. The zero-order valence-corrected chi connectivity index (χ0v) is 11.7. The largest absolute Gasteiger partial charge is 0.480 e. The Bertz CT molecular complexity index is 485. The van der Waals surface area contributed by atoms with E-state index in [4.69, 9.17) is 5.11 Å². The average Bonchev–Trinajstić information content (AvgIpc) is 2.34. The predicted molar refractivity (Wildman–Crippen MR) is 73.5 cm³/mol. The number of aliphatic carboxylic acids is 1. The van der Waals surface area contributed by atoms with Gasteiger partial charge in [0.25, 0.3) is 5.69 Å².